The van der Waals surface area contributed by atoms with Gasteiger partial charge in [-0.1, -0.05) is 12.2 Å². The maximum atomic E-state index is 11.1. The number of Topliss-reactive ketones (excluding diaryl/α,β-unsaturated/α-hetero) is 1. The minimum Gasteiger partial charge on any atom is -0.298 e. The largest absolute Gasteiger partial charge is 0.298 e. The number of carbonyl (C=O) groups excluding carboxylic acids is 1. The lowest BCUT2D eigenvalue weighted by molar-refractivity contribution is -0.114. The molecule has 6 heteroatoms. The predicted molar refractivity (Wildman–Crippen MR) is 59.5 cm³/mol. The summed E-state index contributed by atoms with van der Waals surface area (Å²) in [7, 11) is 0. The number of ketones is 1. The molecule has 1 aromatic rings. The summed E-state index contributed by atoms with van der Waals surface area (Å²) in [5.74, 6) is 1.55. The standard InChI is InChI=1S/C6H4OS5/c7-3-1-9-4-5(10-2-3)12-6(8)11-4/h1-2H2. The molecule has 0 unspecified atom stereocenters. The number of carbonyl (C=O) groups is 1. The topological polar surface area (TPSA) is 17.1 Å². The van der Waals surface area contributed by atoms with Gasteiger partial charge >= 0.3 is 0 Å². The van der Waals surface area contributed by atoms with Crippen LogP contribution in [0.2, 0.25) is 0 Å². The molecule has 0 bridgehead atoms. The van der Waals surface area contributed by atoms with E-state index in [1.165, 1.54) is 8.42 Å². The van der Waals surface area contributed by atoms with Gasteiger partial charge in [-0.25, -0.2) is 0 Å². The van der Waals surface area contributed by atoms with Crippen LogP contribution >= 0.6 is 58.4 Å². The molecule has 0 spiro atoms. The monoisotopic (exact) mass is 252 g/mol. The molecule has 0 amide bonds. The Morgan fingerprint density at radius 3 is 2.08 bits per heavy atom. The maximum Gasteiger partial charge on any atom is 0.153 e. The van der Waals surface area contributed by atoms with Crippen LogP contribution in [0.25, 0.3) is 0 Å². The van der Waals surface area contributed by atoms with Crippen molar-refractivity contribution in [1.82, 2.24) is 0 Å². The van der Waals surface area contributed by atoms with Crippen LogP contribution in [0.5, 0.6) is 0 Å². The zero-order valence-corrected chi connectivity index (χ0v) is 9.95. The first-order valence-electron chi connectivity index (χ1n) is 3.17. The third kappa shape index (κ3) is 1.93. The van der Waals surface area contributed by atoms with Crippen molar-refractivity contribution in [3.05, 3.63) is 3.14 Å². The highest BCUT2D eigenvalue weighted by Crippen LogP contribution is 2.42. The van der Waals surface area contributed by atoms with Crippen molar-refractivity contribution in [1.29, 1.82) is 0 Å². The first-order chi connectivity index (χ1) is 5.75. The summed E-state index contributed by atoms with van der Waals surface area (Å²) < 4.78 is 3.44. The Kier molecular flexibility index (Phi) is 2.91. The summed E-state index contributed by atoms with van der Waals surface area (Å²) in [4.78, 5) is 11.1. The zero-order valence-electron chi connectivity index (χ0n) is 5.86. The van der Waals surface area contributed by atoms with Crippen LogP contribution in [-0.2, 0) is 4.79 Å². The molecule has 0 aliphatic carbocycles. The van der Waals surface area contributed by atoms with Gasteiger partial charge in [0.15, 0.2) is 5.78 Å². The second-order valence-corrected chi connectivity index (χ2v) is 7.86. The summed E-state index contributed by atoms with van der Waals surface area (Å²) >= 11 is 11.6. The van der Waals surface area contributed by atoms with Gasteiger partial charge in [-0.05, 0) is 0 Å². The van der Waals surface area contributed by atoms with E-state index in [0.717, 1.165) is 3.14 Å². The summed E-state index contributed by atoms with van der Waals surface area (Å²) in [6, 6.07) is 0. The molecule has 2 rings (SSSR count). The van der Waals surface area contributed by atoms with Gasteiger partial charge in [0.2, 0.25) is 0 Å². The van der Waals surface area contributed by atoms with E-state index >= 15 is 0 Å². The molecule has 0 aromatic carbocycles. The van der Waals surface area contributed by atoms with Crippen molar-refractivity contribution in [2.24, 2.45) is 0 Å². The van der Waals surface area contributed by atoms with Crippen LogP contribution in [0.15, 0.2) is 8.42 Å². The van der Waals surface area contributed by atoms with E-state index in [0.29, 0.717) is 17.3 Å². The normalized spacial score (nSPS) is 17.2. The smallest absolute Gasteiger partial charge is 0.153 e. The molecule has 0 saturated heterocycles. The molecule has 12 heavy (non-hydrogen) atoms. The Bertz CT molecular complexity index is 332. The minimum atomic E-state index is 0.325. The number of fused-ring (bicyclic) bond motifs is 1. The Morgan fingerprint density at radius 1 is 1.08 bits per heavy atom. The highest BCUT2D eigenvalue weighted by molar-refractivity contribution is 8.07. The van der Waals surface area contributed by atoms with Crippen molar-refractivity contribution < 1.29 is 4.79 Å². The second-order valence-electron chi connectivity index (χ2n) is 2.15. The van der Waals surface area contributed by atoms with Gasteiger partial charge in [0, 0.05) is 0 Å². The fourth-order valence-electron chi connectivity index (χ4n) is 0.766. The fraction of sp³-hybridized carbons (Fsp3) is 0.333. The van der Waals surface area contributed by atoms with Crippen molar-refractivity contribution in [2.75, 3.05) is 11.5 Å². The first-order valence-corrected chi connectivity index (χ1v) is 7.18. The molecule has 0 saturated carbocycles. The molecule has 64 valence electrons. The highest BCUT2D eigenvalue weighted by Gasteiger charge is 2.16. The Labute approximate surface area is 91.6 Å². The van der Waals surface area contributed by atoms with Gasteiger partial charge in [-0.2, -0.15) is 0 Å². The van der Waals surface area contributed by atoms with Crippen molar-refractivity contribution in [3.63, 3.8) is 0 Å². The molecule has 1 nitrogen and oxygen atoms in total. The van der Waals surface area contributed by atoms with Crippen LogP contribution in [0.1, 0.15) is 0 Å². The molecule has 0 fully saturated rings. The van der Waals surface area contributed by atoms with Gasteiger partial charge in [0.1, 0.15) is 3.14 Å². The van der Waals surface area contributed by atoms with E-state index in [1.54, 1.807) is 46.2 Å². The summed E-state index contributed by atoms with van der Waals surface area (Å²) in [5.41, 5.74) is 0. The van der Waals surface area contributed by atoms with Crippen molar-refractivity contribution in [3.8, 4) is 0 Å². The molecule has 0 radical (unpaired) electrons. The minimum absolute atomic E-state index is 0.325. The van der Waals surface area contributed by atoms with Gasteiger partial charge in [-0.15, -0.1) is 46.2 Å². The van der Waals surface area contributed by atoms with E-state index in [4.69, 9.17) is 12.2 Å². The first kappa shape index (κ1) is 9.21. The van der Waals surface area contributed by atoms with E-state index in [2.05, 4.69) is 0 Å². The van der Waals surface area contributed by atoms with Crippen LogP contribution in [0.3, 0.4) is 0 Å². The molecule has 2 heterocycles. The molecule has 0 N–H and O–H groups in total. The van der Waals surface area contributed by atoms with Crippen LogP contribution < -0.4 is 0 Å². The van der Waals surface area contributed by atoms with Crippen LogP contribution in [0.4, 0.5) is 0 Å². The molecule has 1 aliphatic heterocycles. The fourth-order valence-corrected chi connectivity index (χ4v) is 6.72. The highest BCUT2D eigenvalue weighted by atomic mass is 32.2. The second kappa shape index (κ2) is 3.79. The summed E-state index contributed by atoms with van der Waals surface area (Å²) in [6.07, 6.45) is 0. The Morgan fingerprint density at radius 2 is 1.58 bits per heavy atom. The summed E-state index contributed by atoms with van der Waals surface area (Å²) in [5, 5.41) is 0. The number of hydrogen-bond acceptors (Lipinski definition) is 6. The third-order valence-corrected chi connectivity index (χ3v) is 6.95. The lowest BCUT2D eigenvalue weighted by atomic mass is 10.5. The third-order valence-electron chi connectivity index (χ3n) is 1.25. The number of thioether (sulfide) groups is 2. The number of rotatable bonds is 0. The molecular formula is C6H4OS5. The number of hydrogen-bond donors (Lipinski definition) is 0. The van der Waals surface area contributed by atoms with Crippen LogP contribution in [0, 0.1) is 3.14 Å². The van der Waals surface area contributed by atoms with Gasteiger partial charge < -0.3 is 0 Å². The van der Waals surface area contributed by atoms with Crippen LogP contribution in [-0.4, -0.2) is 17.3 Å². The summed E-state index contributed by atoms with van der Waals surface area (Å²) in [6.45, 7) is 0. The molecular weight excluding hydrogens is 248 g/mol. The molecule has 0 atom stereocenters. The van der Waals surface area contributed by atoms with Gasteiger partial charge in [0.25, 0.3) is 0 Å². The van der Waals surface area contributed by atoms with Crippen molar-refractivity contribution in [2.45, 2.75) is 8.42 Å². The zero-order chi connectivity index (χ0) is 8.55. The molecule has 1 aliphatic rings. The molecule has 1 aromatic heterocycles. The predicted octanol–water partition coefficient (Wildman–Crippen LogP) is 3.31. The van der Waals surface area contributed by atoms with E-state index in [1.807, 2.05) is 0 Å². The van der Waals surface area contributed by atoms with Crippen molar-refractivity contribution >= 4 is 64.2 Å². The lowest BCUT2D eigenvalue weighted by Gasteiger charge is -1.89. The Hall–Kier alpha value is 0.640. The van der Waals surface area contributed by atoms with E-state index in [9.17, 15) is 4.79 Å². The average Bonchev–Trinajstić information content (AvgIpc) is 2.31. The van der Waals surface area contributed by atoms with Gasteiger partial charge in [-0.3, -0.25) is 4.79 Å². The maximum absolute atomic E-state index is 11.1. The average molecular weight is 252 g/mol. The SMILES string of the molecule is O=C1CSc2sc(=S)sc2SC1. The Balaban J connectivity index is 2.36. The van der Waals surface area contributed by atoms with E-state index in [-0.39, 0.29) is 0 Å². The quantitative estimate of drug-likeness (QED) is 0.659. The van der Waals surface area contributed by atoms with Gasteiger partial charge in [0.05, 0.1) is 19.9 Å². The lowest BCUT2D eigenvalue weighted by Crippen LogP contribution is -2.01. The van der Waals surface area contributed by atoms with E-state index < -0.39 is 0 Å².